The first-order valence-corrected chi connectivity index (χ1v) is 5.00. The van der Waals surface area contributed by atoms with E-state index in [0.29, 0.717) is 0 Å². The molecule has 1 atom stereocenters. The van der Waals surface area contributed by atoms with Gasteiger partial charge in [0.1, 0.15) is 6.61 Å². The summed E-state index contributed by atoms with van der Waals surface area (Å²) in [5.41, 5.74) is 8.07. The van der Waals surface area contributed by atoms with E-state index in [1.165, 1.54) is 0 Å². The molecule has 15 heavy (non-hydrogen) atoms. The van der Waals surface area contributed by atoms with E-state index >= 15 is 0 Å². The Labute approximate surface area is 101 Å². The highest BCUT2D eigenvalue weighted by Crippen LogP contribution is 2.25. The van der Waals surface area contributed by atoms with E-state index in [1.54, 1.807) is 6.92 Å². The quantitative estimate of drug-likeness (QED) is 0.370. The number of alkyl halides is 3. The van der Waals surface area contributed by atoms with Crippen LogP contribution in [-0.4, -0.2) is 29.1 Å². The first kappa shape index (κ1) is 14.5. The summed E-state index contributed by atoms with van der Waals surface area (Å²) < 4.78 is 2.92. The van der Waals surface area contributed by atoms with Gasteiger partial charge in [0.05, 0.1) is 6.04 Å². The molecule has 0 fully saturated rings. The molecule has 0 aliphatic heterocycles. The van der Waals surface area contributed by atoms with Gasteiger partial charge < -0.3 is 10.1 Å². The second kappa shape index (κ2) is 6.85. The highest BCUT2D eigenvalue weighted by molar-refractivity contribution is 6.67. The van der Waals surface area contributed by atoms with Gasteiger partial charge in [-0.25, -0.2) is 4.79 Å². The van der Waals surface area contributed by atoms with Crippen molar-refractivity contribution >= 4 is 40.9 Å². The number of carbonyl (C=O) groups is 1. The predicted molar refractivity (Wildman–Crippen MR) is 58.2 cm³/mol. The van der Waals surface area contributed by atoms with E-state index in [1.807, 2.05) is 0 Å². The molecule has 0 heterocycles. The summed E-state index contributed by atoms with van der Waals surface area (Å²) in [4.78, 5) is 13.5. The molecule has 86 valence electrons. The van der Waals surface area contributed by atoms with Crippen LogP contribution in [0, 0.1) is 0 Å². The van der Waals surface area contributed by atoms with Crippen molar-refractivity contribution < 1.29 is 9.53 Å². The van der Waals surface area contributed by atoms with E-state index in [2.05, 4.69) is 20.1 Å². The van der Waals surface area contributed by atoms with Gasteiger partial charge in [0, 0.05) is 11.5 Å². The van der Waals surface area contributed by atoms with Crippen LogP contribution >= 0.6 is 34.8 Å². The number of carbonyl (C=O) groups excluding carboxylic acids is 1. The Bertz CT molecular complexity index is 262. The molecule has 1 N–H and O–H groups in total. The number of hydrogen-bond donors (Lipinski definition) is 1. The number of nitrogens with zero attached hydrogens (tertiary/aromatic N) is 3. The van der Waals surface area contributed by atoms with Crippen LogP contribution in [0.4, 0.5) is 4.79 Å². The van der Waals surface area contributed by atoms with Crippen LogP contribution in [-0.2, 0) is 4.74 Å². The number of ether oxygens (including phenoxy) is 1. The maximum absolute atomic E-state index is 11.0. The molecule has 1 unspecified atom stereocenters. The smallest absolute Gasteiger partial charge is 0.407 e. The molecule has 0 spiro atoms. The van der Waals surface area contributed by atoms with Gasteiger partial charge in [-0.15, -0.1) is 0 Å². The van der Waals surface area contributed by atoms with Crippen molar-refractivity contribution in [3.63, 3.8) is 0 Å². The molecule has 0 aromatic carbocycles. The number of rotatable bonds is 4. The summed E-state index contributed by atoms with van der Waals surface area (Å²) >= 11 is 16.0. The largest absolute Gasteiger partial charge is 0.445 e. The Morgan fingerprint density at radius 2 is 2.27 bits per heavy atom. The number of azide groups is 1. The number of amides is 1. The lowest BCUT2D eigenvalue weighted by atomic mass is 10.4. The minimum Gasteiger partial charge on any atom is -0.445 e. The molecular weight excluding hydrogens is 266 g/mol. The number of nitrogens with one attached hydrogen (secondary N) is 1. The molecule has 0 aromatic rings. The fraction of sp³-hybridized carbons (Fsp3) is 0.833. The van der Waals surface area contributed by atoms with Crippen LogP contribution in [0.15, 0.2) is 5.11 Å². The van der Waals surface area contributed by atoms with Gasteiger partial charge in [0.15, 0.2) is 0 Å². The molecule has 0 rings (SSSR count). The molecule has 0 saturated carbocycles. The molecule has 0 bridgehead atoms. The Morgan fingerprint density at radius 1 is 1.67 bits per heavy atom. The van der Waals surface area contributed by atoms with Crippen LogP contribution in [0.1, 0.15) is 6.92 Å². The van der Waals surface area contributed by atoms with Crippen LogP contribution in [0.25, 0.3) is 10.4 Å². The van der Waals surface area contributed by atoms with Gasteiger partial charge in [-0.1, -0.05) is 46.8 Å². The second-order valence-electron chi connectivity index (χ2n) is 2.63. The van der Waals surface area contributed by atoms with Crippen LogP contribution in [0.3, 0.4) is 0 Å². The second-order valence-corrected chi connectivity index (χ2v) is 5.14. The van der Waals surface area contributed by atoms with Crippen LogP contribution in [0.5, 0.6) is 0 Å². The van der Waals surface area contributed by atoms with Gasteiger partial charge in [0.25, 0.3) is 0 Å². The lowest BCUT2D eigenvalue weighted by Crippen LogP contribution is -2.32. The Hall–Kier alpha value is -0.550. The maximum Gasteiger partial charge on any atom is 0.407 e. The average molecular weight is 276 g/mol. The summed E-state index contributed by atoms with van der Waals surface area (Å²) in [6.07, 6.45) is -0.735. The van der Waals surface area contributed by atoms with E-state index in [4.69, 9.17) is 40.3 Å². The maximum atomic E-state index is 11.0. The van der Waals surface area contributed by atoms with E-state index in [9.17, 15) is 4.79 Å². The lowest BCUT2D eigenvalue weighted by molar-refractivity contribution is 0.148. The fourth-order valence-electron chi connectivity index (χ4n) is 0.558. The average Bonchev–Trinajstić information content (AvgIpc) is 2.11. The summed E-state index contributed by atoms with van der Waals surface area (Å²) in [6.45, 7) is 1.44. The van der Waals surface area contributed by atoms with Crippen molar-refractivity contribution in [1.82, 2.24) is 5.32 Å². The topological polar surface area (TPSA) is 87.1 Å². The van der Waals surface area contributed by atoms with Crippen molar-refractivity contribution in [2.45, 2.75) is 16.8 Å². The monoisotopic (exact) mass is 274 g/mol. The Kier molecular flexibility index (Phi) is 6.60. The molecular formula is C6H9Cl3N4O2. The molecule has 0 aliphatic carbocycles. The van der Waals surface area contributed by atoms with Gasteiger partial charge in [-0.05, 0) is 5.53 Å². The van der Waals surface area contributed by atoms with Gasteiger partial charge >= 0.3 is 6.09 Å². The van der Waals surface area contributed by atoms with Gasteiger partial charge in [0.2, 0.25) is 3.79 Å². The van der Waals surface area contributed by atoms with Crippen LogP contribution < -0.4 is 5.32 Å². The van der Waals surface area contributed by atoms with E-state index in [-0.39, 0.29) is 19.2 Å². The zero-order valence-corrected chi connectivity index (χ0v) is 10.1. The third-order valence-corrected chi connectivity index (χ3v) is 1.48. The fourth-order valence-corrected chi connectivity index (χ4v) is 0.722. The zero-order valence-electron chi connectivity index (χ0n) is 7.78. The van der Waals surface area contributed by atoms with Gasteiger partial charge in [-0.2, -0.15) is 0 Å². The Balaban J connectivity index is 3.71. The molecule has 0 saturated heterocycles. The van der Waals surface area contributed by atoms with Crippen molar-refractivity contribution in [3.05, 3.63) is 10.4 Å². The molecule has 0 aliphatic rings. The summed E-state index contributed by atoms with van der Waals surface area (Å²) in [6, 6.07) is -0.365. The molecule has 6 nitrogen and oxygen atoms in total. The highest BCUT2D eigenvalue weighted by Gasteiger charge is 2.22. The van der Waals surface area contributed by atoms with Crippen molar-refractivity contribution in [1.29, 1.82) is 0 Å². The first-order valence-electron chi connectivity index (χ1n) is 3.86. The SMILES string of the molecule is CC(CNC(=O)OCC(Cl)(Cl)Cl)N=[N+]=[N-]. The minimum atomic E-state index is -1.63. The molecule has 0 aromatic heterocycles. The van der Waals surface area contributed by atoms with Crippen LogP contribution in [0.2, 0.25) is 0 Å². The normalized spacial score (nSPS) is 12.5. The molecule has 0 radical (unpaired) electrons. The third-order valence-electron chi connectivity index (χ3n) is 1.16. The molecule has 9 heteroatoms. The lowest BCUT2D eigenvalue weighted by Gasteiger charge is -2.12. The van der Waals surface area contributed by atoms with E-state index in [0.717, 1.165) is 0 Å². The third kappa shape index (κ3) is 9.75. The minimum absolute atomic E-state index is 0.156. The summed E-state index contributed by atoms with van der Waals surface area (Å²) in [7, 11) is 0. The Morgan fingerprint density at radius 3 is 2.73 bits per heavy atom. The van der Waals surface area contributed by atoms with E-state index < -0.39 is 9.89 Å². The van der Waals surface area contributed by atoms with Crippen molar-refractivity contribution in [2.75, 3.05) is 13.2 Å². The highest BCUT2D eigenvalue weighted by atomic mass is 35.6. The number of alkyl carbamates (subject to hydrolysis) is 1. The molecule has 1 amide bonds. The first-order chi connectivity index (χ1) is 6.85. The van der Waals surface area contributed by atoms with Crippen molar-refractivity contribution in [3.8, 4) is 0 Å². The number of hydrogen-bond acceptors (Lipinski definition) is 3. The summed E-state index contributed by atoms with van der Waals surface area (Å²) in [5, 5.41) is 5.68. The standard InChI is InChI=1S/C6H9Cl3N4O2/c1-4(12-13-10)2-11-5(14)15-3-6(7,8)9/h4H,2-3H2,1H3,(H,11,14). The van der Waals surface area contributed by atoms with Gasteiger partial charge in [-0.3, -0.25) is 0 Å². The summed E-state index contributed by atoms with van der Waals surface area (Å²) in [5.74, 6) is 0. The van der Waals surface area contributed by atoms with Crippen molar-refractivity contribution in [2.24, 2.45) is 5.11 Å². The number of halogens is 3. The predicted octanol–water partition coefficient (Wildman–Crippen LogP) is 2.78. The zero-order chi connectivity index (χ0) is 11.9.